The molecule has 0 aromatic heterocycles. The Labute approximate surface area is 104 Å². The van der Waals surface area contributed by atoms with Gasteiger partial charge in [0.2, 0.25) is 0 Å². The molecule has 0 unspecified atom stereocenters. The number of hydrogen-bond acceptors (Lipinski definition) is 1. The summed E-state index contributed by atoms with van der Waals surface area (Å²) in [5.74, 6) is 0. The lowest BCUT2D eigenvalue weighted by Crippen LogP contribution is -2.37. The topological polar surface area (TPSA) is 3.24 Å². The molecular weight excluding hydrogens is 206 g/mol. The van der Waals surface area contributed by atoms with E-state index >= 15 is 0 Å². The molecule has 0 aliphatic rings. The van der Waals surface area contributed by atoms with Crippen molar-refractivity contribution in [3.63, 3.8) is 0 Å². The quantitative estimate of drug-likeness (QED) is 0.747. The third-order valence-corrected chi connectivity index (χ3v) is 3.38. The lowest BCUT2D eigenvalue weighted by Gasteiger charge is -2.32. The van der Waals surface area contributed by atoms with Gasteiger partial charge in [-0.2, -0.15) is 0 Å². The second kappa shape index (κ2) is 4.50. The van der Waals surface area contributed by atoms with Crippen molar-refractivity contribution < 1.29 is 0 Å². The molecule has 0 fully saturated rings. The zero-order chi connectivity index (χ0) is 12.5. The van der Waals surface area contributed by atoms with Crippen molar-refractivity contribution in [2.45, 2.75) is 32.9 Å². The van der Waals surface area contributed by atoms with Gasteiger partial charge in [-0.15, -0.1) is 0 Å². The van der Waals surface area contributed by atoms with Crippen LogP contribution in [0.1, 0.15) is 26.3 Å². The first-order valence-corrected chi connectivity index (χ1v) is 6.16. The fraction of sp³-hybridized carbons (Fsp3) is 0.375. The number of fused-ring (bicyclic) bond motifs is 1. The van der Waals surface area contributed by atoms with Crippen LogP contribution in [0.3, 0.4) is 0 Å². The Morgan fingerprint density at radius 3 is 2.24 bits per heavy atom. The van der Waals surface area contributed by atoms with Crippen molar-refractivity contribution in [3.8, 4) is 0 Å². The fourth-order valence-electron chi connectivity index (χ4n) is 1.85. The first kappa shape index (κ1) is 12.1. The van der Waals surface area contributed by atoms with Crippen molar-refractivity contribution in [3.05, 3.63) is 48.0 Å². The third-order valence-electron chi connectivity index (χ3n) is 3.38. The summed E-state index contributed by atoms with van der Waals surface area (Å²) in [4.78, 5) is 2.37. The van der Waals surface area contributed by atoms with Gasteiger partial charge in [0, 0.05) is 12.1 Å². The van der Waals surface area contributed by atoms with Crippen LogP contribution in [0.25, 0.3) is 10.8 Å². The summed E-state index contributed by atoms with van der Waals surface area (Å²) >= 11 is 0. The van der Waals surface area contributed by atoms with E-state index in [0.29, 0.717) is 0 Å². The molecule has 0 aliphatic carbocycles. The van der Waals surface area contributed by atoms with Crippen LogP contribution in [0.2, 0.25) is 0 Å². The second-order valence-electron chi connectivity index (χ2n) is 5.71. The molecule has 0 N–H and O–H groups in total. The molecule has 2 aromatic rings. The van der Waals surface area contributed by atoms with Crippen LogP contribution in [-0.2, 0) is 6.54 Å². The highest BCUT2D eigenvalue weighted by Gasteiger charge is 2.16. The van der Waals surface area contributed by atoms with Gasteiger partial charge in [-0.1, -0.05) is 36.4 Å². The molecule has 90 valence electrons. The molecule has 0 saturated carbocycles. The standard InChI is InChI=1S/C16H21N/c1-16(2,3)17(4)12-13-9-10-14-7-5-6-8-15(14)11-13/h5-11H,12H2,1-4H3. The van der Waals surface area contributed by atoms with E-state index in [2.05, 4.69) is 75.2 Å². The van der Waals surface area contributed by atoms with Gasteiger partial charge in [-0.25, -0.2) is 0 Å². The van der Waals surface area contributed by atoms with Gasteiger partial charge in [-0.3, -0.25) is 4.90 Å². The van der Waals surface area contributed by atoms with E-state index < -0.39 is 0 Å². The van der Waals surface area contributed by atoms with Crippen LogP contribution in [0.4, 0.5) is 0 Å². The van der Waals surface area contributed by atoms with E-state index in [0.717, 1.165) is 6.54 Å². The molecule has 2 rings (SSSR count). The zero-order valence-electron chi connectivity index (χ0n) is 11.2. The van der Waals surface area contributed by atoms with Crippen molar-refractivity contribution >= 4 is 10.8 Å². The average molecular weight is 227 g/mol. The summed E-state index contributed by atoms with van der Waals surface area (Å²) in [6, 6.07) is 15.2. The maximum atomic E-state index is 2.37. The number of rotatable bonds is 2. The zero-order valence-corrected chi connectivity index (χ0v) is 11.2. The maximum absolute atomic E-state index is 2.37. The average Bonchev–Trinajstić information content (AvgIpc) is 2.27. The Bertz CT molecular complexity index is 508. The maximum Gasteiger partial charge on any atom is 0.0236 e. The molecule has 0 spiro atoms. The first-order chi connectivity index (χ1) is 7.97. The Morgan fingerprint density at radius 2 is 1.59 bits per heavy atom. The van der Waals surface area contributed by atoms with Crippen LogP contribution in [0.5, 0.6) is 0 Å². The minimum absolute atomic E-state index is 0.214. The fourth-order valence-corrected chi connectivity index (χ4v) is 1.85. The number of hydrogen-bond donors (Lipinski definition) is 0. The van der Waals surface area contributed by atoms with E-state index in [-0.39, 0.29) is 5.54 Å². The van der Waals surface area contributed by atoms with E-state index in [1.54, 1.807) is 0 Å². The van der Waals surface area contributed by atoms with Crippen LogP contribution in [0.15, 0.2) is 42.5 Å². The molecule has 0 saturated heterocycles. The number of nitrogens with zero attached hydrogens (tertiary/aromatic N) is 1. The molecule has 0 bridgehead atoms. The van der Waals surface area contributed by atoms with Gasteiger partial charge in [-0.05, 0) is 50.2 Å². The minimum atomic E-state index is 0.214. The first-order valence-electron chi connectivity index (χ1n) is 6.16. The SMILES string of the molecule is CN(Cc1ccc2ccccc2c1)C(C)(C)C. The largest absolute Gasteiger partial charge is 0.297 e. The summed E-state index contributed by atoms with van der Waals surface area (Å²) < 4.78 is 0. The molecule has 0 radical (unpaired) electrons. The molecule has 0 aliphatic heterocycles. The van der Waals surface area contributed by atoms with Crippen molar-refractivity contribution in [2.75, 3.05) is 7.05 Å². The monoisotopic (exact) mass is 227 g/mol. The Balaban J connectivity index is 2.25. The van der Waals surface area contributed by atoms with E-state index in [1.807, 2.05) is 0 Å². The molecule has 0 amide bonds. The molecule has 1 nitrogen and oxygen atoms in total. The summed E-state index contributed by atoms with van der Waals surface area (Å²) in [6.45, 7) is 7.73. The van der Waals surface area contributed by atoms with Crippen molar-refractivity contribution in [1.29, 1.82) is 0 Å². The highest BCUT2D eigenvalue weighted by Crippen LogP contribution is 2.19. The summed E-state index contributed by atoms with van der Waals surface area (Å²) in [5.41, 5.74) is 1.59. The van der Waals surface area contributed by atoms with Crippen molar-refractivity contribution in [2.24, 2.45) is 0 Å². The number of benzene rings is 2. The van der Waals surface area contributed by atoms with Gasteiger partial charge in [0.25, 0.3) is 0 Å². The minimum Gasteiger partial charge on any atom is -0.297 e. The van der Waals surface area contributed by atoms with Crippen LogP contribution in [-0.4, -0.2) is 17.5 Å². The predicted molar refractivity (Wildman–Crippen MR) is 75.2 cm³/mol. The van der Waals surface area contributed by atoms with Gasteiger partial charge < -0.3 is 0 Å². The van der Waals surface area contributed by atoms with Crippen LogP contribution < -0.4 is 0 Å². The third kappa shape index (κ3) is 2.86. The van der Waals surface area contributed by atoms with Crippen LogP contribution in [0, 0.1) is 0 Å². The normalized spacial score (nSPS) is 12.3. The molecule has 2 aromatic carbocycles. The van der Waals surface area contributed by atoms with Crippen molar-refractivity contribution in [1.82, 2.24) is 4.90 Å². The summed E-state index contributed by atoms with van der Waals surface area (Å²) in [6.07, 6.45) is 0. The Morgan fingerprint density at radius 1 is 0.941 bits per heavy atom. The highest BCUT2D eigenvalue weighted by atomic mass is 15.1. The van der Waals surface area contributed by atoms with Gasteiger partial charge >= 0.3 is 0 Å². The van der Waals surface area contributed by atoms with Gasteiger partial charge in [0.15, 0.2) is 0 Å². The predicted octanol–water partition coefficient (Wildman–Crippen LogP) is 4.07. The smallest absolute Gasteiger partial charge is 0.0236 e. The van der Waals surface area contributed by atoms with E-state index in [1.165, 1.54) is 16.3 Å². The highest BCUT2D eigenvalue weighted by molar-refractivity contribution is 5.82. The lowest BCUT2D eigenvalue weighted by molar-refractivity contribution is 0.167. The van der Waals surface area contributed by atoms with Gasteiger partial charge in [0.1, 0.15) is 0 Å². The second-order valence-corrected chi connectivity index (χ2v) is 5.71. The lowest BCUT2D eigenvalue weighted by atomic mass is 10.0. The van der Waals surface area contributed by atoms with E-state index in [9.17, 15) is 0 Å². The molecule has 17 heavy (non-hydrogen) atoms. The molecule has 1 heteroatoms. The Hall–Kier alpha value is -1.34. The van der Waals surface area contributed by atoms with E-state index in [4.69, 9.17) is 0 Å². The molecule has 0 atom stereocenters. The molecular formula is C16H21N. The molecule has 0 heterocycles. The summed E-state index contributed by atoms with van der Waals surface area (Å²) in [7, 11) is 2.18. The van der Waals surface area contributed by atoms with Crippen LogP contribution >= 0.6 is 0 Å². The Kier molecular flexibility index (Phi) is 3.21. The van der Waals surface area contributed by atoms with Gasteiger partial charge in [0.05, 0.1) is 0 Å². The summed E-state index contributed by atoms with van der Waals surface area (Å²) in [5, 5.41) is 2.64.